The molecule has 1 atom stereocenters. The highest BCUT2D eigenvalue weighted by Gasteiger charge is 2.32. The zero-order chi connectivity index (χ0) is 11.6. The van der Waals surface area contributed by atoms with Crippen molar-refractivity contribution in [3.05, 3.63) is 34.6 Å². The molecule has 1 heterocycles. The molecule has 0 amide bonds. The molecule has 0 saturated carbocycles. The molecule has 1 fully saturated rings. The first-order chi connectivity index (χ1) is 7.62. The molecule has 1 aromatic carbocycles. The Morgan fingerprint density at radius 1 is 1.31 bits per heavy atom. The molecule has 0 bridgehead atoms. The second-order valence-electron chi connectivity index (χ2n) is 4.12. The summed E-state index contributed by atoms with van der Waals surface area (Å²) in [6.45, 7) is 1.08. The van der Waals surface area contributed by atoms with Crippen molar-refractivity contribution in [2.75, 3.05) is 13.2 Å². The zero-order valence-corrected chi connectivity index (χ0v) is 9.63. The van der Waals surface area contributed by atoms with E-state index in [0.717, 1.165) is 6.42 Å². The number of hydrogen-bond acceptors (Lipinski definition) is 2. The van der Waals surface area contributed by atoms with Crippen LogP contribution in [0.1, 0.15) is 24.8 Å². The van der Waals surface area contributed by atoms with Gasteiger partial charge in [-0.25, -0.2) is 4.39 Å². The Balaban J connectivity index is 2.33. The molecule has 0 spiro atoms. The molecule has 1 unspecified atom stereocenters. The lowest BCUT2D eigenvalue weighted by Crippen LogP contribution is -2.27. The minimum Gasteiger partial charge on any atom is -0.385 e. The Labute approximate surface area is 99.0 Å². The molecular weight excluding hydrogens is 231 g/mol. The van der Waals surface area contributed by atoms with Gasteiger partial charge in [0, 0.05) is 30.2 Å². The van der Waals surface area contributed by atoms with Crippen LogP contribution < -0.4 is 0 Å². The number of halogens is 2. The van der Waals surface area contributed by atoms with E-state index < -0.39 is 11.4 Å². The number of ether oxygens (including phenoxy) is 1. The predicted molar refractivity (Wildman–Crippen MR) is 60.0 cm³/mol. The van der Waals surface area contributed by atoms with Crippen molar-refractivity contribution in [3.8, 4) is 0 Å². The van der Waals surface area contributed by atoms with Gasteiger partial charge in [-0.3, -0.25) is 0 Å². The third-order valence-corrected chi connectivity index (χ3v) is 3.21. The molecule has 2 rings (SSSR count). The van der Waals surface area contributed by atoms with Gasteiger partial charge in [-0.05, 0) is 25.0 Å². The van der Waals surface area contributed by atoms with Crippen LogP contribution in [0.5, 0.6) is 0 Å². The summed E-state index contributed by atoms with van der Waals surface area (Å²) in [5.41, 5.74) is -0.798. The second kappa shape index (κ2) is 4.70. The highest BCUT2D eigenvalue weighted by atomic mass is 35.5. The summed E-state index contributed by atoms with van der Waals surface area (Å²) in [4.78, 5) is 0. The number of rotatable bonds is 1. The van der Waals surface area contributed by atoms with Gasteiger partial charge in [0.05, 0.1) is 5.60 Å². The summed E-state index contributed by atoms with van der Waals surface area (Å²) in [6, 6.07) is 4.40. The molecule has 1 aromatic rings. The molecule has 0 aliphatic carbocycles. The Morgan fingerprint density at radius 2 is 2.12 bits per heavy atom. The van der Waals surface area contributed by atoms with Crippen molar-refractivity contribution in [3.63, 3.8) is 0 Å². The predicted octanol–water partition coefficient (Wildman–Crippen LogP) is 2.87. The summed E-state index contributed by atoms with van der Waals surface area (Å²) in [7, 11) is 0. The second-order valence-corrected chi connectivity index (χ2v) is 4.56. The van der Waals surface area contributed by atoms with Crippen LogP contribution in [0.2, 0.25) is 5.02 Å². The molecule has 88 valence electrons. The minimum atomic E-state index is -1.12. The SMILES string of the molecule is OC1(c2ccc(Cl)cc2F)CCCOCC1. The van der Waals surface area contributed by atoms with Crippen molar-refractivity contribution in [2.24, 2.45) is 0 Å². The highest BCUT2D eigenvalue weighted by Crippen LogP contribution is 2.34. The molecule has 0 aromatic heterocycles. The normalized spacial score (nSPS) is 26.4. The summed E-state index contributed by atoms with van der Waals surface area (Å²) in [6.07, 6.45) is 1.68. The van der Waals surface area contributed by atoms with E-state index in [0.29, 0.717) is 36.6 Å². The van der Waals surface area contributed by atoms with Crippen LogP contribution in [0, 0.1) is 5.82 Å². The highest BCUT2D eigenvalue weighted by molar-refractivity contribution is 6.30. The quantitative estimate of drug-likeness (QED) is 0.823. The molecule has 2 nitrogen and oxygen atoms in total. The molecule has 16 heavy (non-hydrogen) atoms. The molecule has 1 aliphatic heterocycles. The topological polar surface area (TPSA) is 29.5 Å². The lowest BCUT2D eigenvalue weighted by Gasteiger charge is -2.27. The number of hydrogen-bond donors (Lipinski definition) is 1. The Morgan fingerprint density at radius 3 is 2.88 bits per heavy atom. The molecular formula is C12H14ClFO2. The van der Waals surface area contributed by atoms with E-state index >= 15 is 0 Å². The van der Waals surface area contributed by atoms with Crippen molar-refractivity contribution in [2.45, 2.75) is 24.9 Å². The first-order valence-corrected chi connectivity index (χ1v) is 5.75. The van der Waals surface area contributed by atoms with E-state index in [-0.39, 0.29) is 0 Å². The summed E-state index contributed by atoms with van der Waals surface area (Å²) < 4.78 is 19.0. The van der Waals surface area contributed by atoms with Gasteiger partial charge in [0.1, 0.15) is 5.82 Å². The fourth-order valence-corrected chi connectivity index (χ4v) is 2.23. The smallest absolute Gasteiger partial charge is 0.130 e. The van der Waals surface area contributed by atoms with Crippen molar-refractivity contribution >= 4 is 11.6 Å². The molecule has 4 heteroatoms. The first kappa shape index (κ1) is 11.8. The van der Waals surface area contributed by atoms with Gasteiger partial charge in [0.2, 0.25) is 0 Å². The van der Waals surface area contributed by atoms with E-state index in [2.05, 4.69) is 0 Å². The summed E-state index contributed by atoms with van der Waals surface area (Å²) in [5, 5.41) is 10.8. The summed E-state index contributed by atoms with van der Waals surface area (Å²) in [5.74, 6) is -0.447. The van der Waals surface area contributed by atoms with Gasteiger partial charge in [-0.1, -0.05) is 17.7 Å². The fourth-order valence-electron chi connectivity index (χ4n) is 2.07. The lowest BCUT2D eigenvalue weighted by molar-refractivity contribution is 0.0113. The monoisotopic (exact) mass is 244 g/mol. The zero-order valence-electron chi connectivity index (χ0n) is 8.88. The van der Waals surface area contributed by atoms with Crippen LogP contribution in [0.4, 0.5) is 4.39 Å². The van der Waals surface area contributed by atoms with E-state index in [1.165, 1.54) is 6.07 Å². The Bertz CT molecular complexity index is 373. The third-order valence-electron chi connectivity index (χ3n) is 2.97. The number of aliphatic hydroxyl groups is 1. The van der Waals surface area contributed by atoms with Crippen LogP contribution >= 0.6 is 11.6 Å². The maximum Gasteiger partial charge on any atom is 0.130 e. The van der Waals surface area contributed by atoms with E-state index in [9.17, 15) is 9.50 Å². The van der Waals surface area contributed by atoms with Crippen LogP contribution in [-0.4, -0.2) is 18.3 Å². The van der Waals surface area contributed by atoms with Crippen LogP contribution in [0.25, 0.3) is 0 Å². The average molecular weight is 245 g/mol. The van der Waals surface area contributed by atoms with Gasteiger partial charge in [0.15, 0.2) is 0 Å². The molecule has 1 N–H and O–H groups in total. The molecule has 1 aliphatic rings. The van der Waals surface area contributed by atoms with Gasteiger partial charge < -0.3 is 9.84 Å². The summed E-state index contributed by atoms with van der Waals surface area (Å²) >= 11 is 5.69. The van der Waals surface area contributed by atoms with Crippen LogP contribution in [0.15, 0.2) is 18.2 Å². The maximum atomic E-state index is 13.7. The minimum absolute atomic E-state index is 0.322. The van der Waals surface area contributed by atoms with Crippen LogP contribution in [-0.2, 0) is 10.3 Å². The Hall–Kier alpha value is -0.640. The van der Waals surface area contributed by atoms with Gasteiger partial charge in [-0.2, -0.15) is 0 Å². The van der Waals surface area contributed by atoms with E-state index in [4.69, 9.17) is 16.3 Å². The van der Waals surface area contributed by atoms with Crippen molar-refractivity contribution in [1.82, 2.24) is 0 Å². The largest absolute Gasteiger partial charge is 0.385 e. The van der Waals surface area contributed by atoms with Gasteiger partial charge in [-0.15, -0.1) is 0 Å². The standard InChI is InChI=1S/C12H14ClFO2/c13-9-2-3-10(11(14)8-9)12(15)4-1-6-16-7-5-12/h2-3,8,15H,1,4-7H2. The lowest BCUT2D eigenvalue weighted by atomic mass is 9.86. The van der Waals surface area contributed by atoms with Crippen molar-refractivity contribution in [1.29, 1.82) is 0 Å². The number of benzene rings is 1. The van der Waals surface area contributed by atoms with Crippen LogP contribution in [0.3, 0.4) is 0 Å². The fraction of sp³-hybridized carbons (Fsp3) is 0.500. The molecule has 1 saturated heterocycles. The first-order valence-electron chi connectivity index (χ1n) is 5.37. The maximum absolute atomic E-state index is 13.7. The van der Waals surface area contributed by atoms with Gasteiger partial charge >= 0.3 is 0 Å². The van der Waals surface area contributed by atoms with E-state index in [1.54, 1.807) is 12.1 Å². The average Bonchev–Trinajstić information content (AvgIpc) is 2.43. The van der Waals surface area contributed by atoms with Gasteiger partial charge in [0.25, 0.3) is 0 Å². The van der Waals surface area contributed by atoms with Crippen molar-refractivity contribution < 1.29 is 14.2 Å². The Kier molecular flexibility index (Phi) is 3.47. The molecule has 0 radical (unpaired) electrons. The third kappa shape index (κ3) is 2.37. The van der Waals surface area contributed by atoms with E-state index in [1.807, 2.05) is 0 Å².